The summed E-state index contributed by atoms with van der Waals surface area (Å²) in [4.78, 5) is 12.1. The van der Waals surface area contributed by atoms with Crippen LogP contribution < -0.4 is 10.6 Å². The van der Waals surface area contributed by atoms with Gasteiger partial charge in [-0.15, -0.1) is 0 Å². The largest absolute Gasteiger partial charge is 0.351 e. The fourth-order valence-electron chi connectivity index (χ4n) is 2.88. The summed E-state index contributed by atoms with van der Waals surface area (Å²) in [5.41, 5.74) is 0.0329. The minimum Gasteiger partial charge on any atom is -0.351 e. The van der Waals surface area contributed by atoms with E-state index in [4.69, 9.17) is 0 Å². The summed E-state index contributed by atoms with van der Waals surface area (Å²) in [5, 5.41) is 6.63. The molecule has 0 spiro atoms. The molecule has 1 aliphatic rings. The van der Waals surface area contributed by atoms with Gasteiger partial charge in [-0.25, -0.2) is 0 Å². The van der Waals surface area contributed by atoms with Crippen molar-refractivity contribution in [1.29, 1.82) is 0 Å². The molecule has 1 rings (SSSR count). The van der Waals surface area contributed by atoms with Crippen LogP contribution in [0.2, 0.25) is 0 Å². The normalized spacial score (nSPS) is 17.7. The average Bonchev–Trinajstić information content (AvgIpc) is 2.44. The molecule has 0 aromatic heterocycles. The summed E-state index contributed by atoms with van der Waals surface area (Å²) in [6.07, 6.45) is 7.30. The molecule has 0 saturated carbocycles. The number of hydrogen-bond donors (Lipinski definition) is 2. The summed E-state index contributed by atoms with van der Waals surface area (Å²) in [6.45, 7) is 8.74. The number of hydrogen-bond acceptors (Lipinski definition) is 2. The molecule has 1 amide bonds. The van der Waals surface area contributed by atoms with Gasteiger partial charge in [0.1, 0.15) is 0 Å². The number of nitrogens with one attached hydrogen (secondary N) is 2. The Morgan fingerprint density at radius 3 is 2.22 bits per heavy atom. The Kier molecular flexibility index (Phi) is 6.69. The fourth-order valence-corrected chi connectivity index (χ4v) is 2.88. The average molecular weight is 254 g/mol. The molecule has 2 N–H and O–H groups in total. The van der Waals surface area contributed by atoms with Crippen molar-refractivity contribution >= 4 is 5.91 Å². The maximum atomic E-state index is 12.1. The van der Waals surface area contributed by atoms with E-state index in [0.29, 0.717) is 6.42 Å². The second kappa shape index (κ2) is 7.78. The zero-order valence-corrected chi connectivity index (χ0v) is 12.3. The van der Waals surface area contributed by atoms with E-state index in [2.05, 4.69) is 31.4 Å². The molecule has 0 aromatic carbocycles. The molecule has 0 unspecified atom stereocenters. The monoisotopic (exact) mass is 254 g/mol. The molecule has 1 saturated heterocycles. The first kappa shape index (κ1) is 15.5. The summed E-state index contributed by atoms with van der Waals surface area (Å²) >= 11 is 0. The van der Waals surface area contributed by atoms with Gasteiger partial charge in [-0.3, -0.25) is 4.79 Å². The van der Waals surface area contributed by atoms with Crippen LogP contribution in [0, 0.1) is 5.92 Å². The number of carbonyl (C=O) groups is 1. The Balaban J connectivity index is 2.31. The number of rotatable bonds is 7. The Morgan fingerprint density at radius 2 is 1.72 bits per heavy atom. The number of carbonyl (C=O) groups excluding carboxylic acids is 1. The Bertz CT molecular complexity index is 235. The van der Waals surface area contributed by atoms with Crippen LogP contribution in [0.1, 0.15) is 65.7 Å². The highest BCUT2D eigenvalue weighted by Crippen LogP contribution is 2.21. The molecule has 18 heavy (non-hydrogen) atoms. The maximum Gasteiger partial charge on any atom is 0.220 e. The lowest BCUT2D eigenvalue weighted by Gasteiger charge is -2.32. The van der Waals surface area contributed by atoms with Crippen molar-refractivity contribution in [2.24, 2.45) is 5.92 Å². The lowest BCUT2D eigenvalue weighted by molar-refractivity contribution is -0.123. The van der Waals surface area contributed by atoms with Crippen LogP contribution in [0.15, 0.2) is 0 Å². The SMILES string of the molecule is CCC(CC)(CC)NC(=O)CCC1CCNCC1. The lowest BCUT2D eigenvalue weighted by Crippen LogP contribution is -2.47. The van der Waals surface area contributed by atoms with Gasteiger partial charge >= 0.3 is 0 Å². The van der Waals surface area contributed by atoms with Crippen molar-refractivity contribution in [3.8, 4) is 0 Å². The summed E-state index contributed by atoms with van der Waals surface area (Å²) in [6, 6.07) is 0. The van der Waals surface area contributed by atoms with Crippen molar-refractivity contribution in [2.75, 3.05) is 13.1 Å². The van der Waals surface area contributed by atoms with Crippen LogP contribution in [0.5, 0.6) is 0 Å². The zero-order valence-electron chi connectivity index (χ0n) is 12.3. The molecule has 3 nitrogen and oxygen atoms in total. The third-order valence-corrected chi connectivity index (χ3v) is 4.67. The van der Waals surface area contributed by atoms with Crippen LogP contribution in [0.25, 0.3) is 0 Å². The third kappa shape index (κ3) is 4.60. The van der Waals surface area contributed by atoms with E-state index < -0.39 is 0 Å². The van der Waals surface area contributed by atoms with Crippen LogP contribution in [0.4, 0.5) is 0 Å². The van der Waals surface area contributed by atoms with Gasteiger partial charge in [-0.2, -0.15) is 0 Å². The van der Waals surface area contributed by atoms with Crippen molar-refractivity contribution in [3.63, 3.8) is 0 Å². The molecule has 0 radical (unpaired) electrons. The van der Waals surface area contributed by atoms with E-state index in [9.17, 15) is 4.79 Å². The van der Waals surface area contributed by atoms with E-state index in [0.717, 1.165) is 44.7 Å². The van der Waals surface area contributed by atoms with E-state index in [1.54, 1.807) is 0 Å². The van der Waals surface area contributed by atoms with Crippen LogP contribution in [0.3, 0.4) is 0 Å². The summed E-state index contributed by atoms with van der Waals surface area (Å²) in [5.74, 6) is 0.996. The van der Waals surface area contributed by atoms with Gasteiger partial charge in [0.25, 0.3) is 0 Å². The maximum absolute atomic E-state index is 12.1. The molecule has 1 aliphatic heterocycles. The molecule has 106 valence electrons. The second-order valence-electron chi connectivity index (χ2n) is 5.62. The van der Waals surface area contributed by atoms with E-state index in [1.807, 2.05) is 0 Å². The van der Waals surface area contributed by atoms with Gasteiger partial charge in [0.15, 0.2) is 0 Å². The Morgan fingerprint density at radius 1 is 1.17 bits per heavy atom. The zero-order chi connectivity index (χ0) is 13.4. The lowest BCUT2D eigenvalue weighted by atomic mass is 9.89. The van der Waals surface area contributed by atoms with Gasteiger partial charge in [-0.1, -0.05) is 20.8 Å². The predicted octanol–water partition coefficient (Wildman–Crippen LogP) is 2.85. The van der Waals surface area contributed by atoms with E-state index >= 15 is 0 Å². The highest BCUT2D eigenvalue weighted by Gasteiger charge is 2.25. The number of amides is 1. The van der Waals surface area contributed by atoms with Crippen molar-refractivity contribution in [3.05, 3.63) is 0 Å². The smallest absolute Gasteiger partial charge is 0.220 e. The van der Waals surface area contributed by atoms with Crippen molar-refractivity contribution < 1.29 is 4.79 Å². The fraction of sp³-hybridized carbons (Fsp3) is 0.933. The standard InChI is InChI=1S/C15H30N2O/c1-4-15(5-2,6-3)17-14(18)8-7-13-9-11-16-12-10-13/h13,16H,4-12H2,1-3H3,(H,17,18). The topological polar surface area (TPSA) is 41.1 Å². The van der Waals surface area contributed by atoms with Crippen LogP contribution in [-0.2, 0) is 4.79 Å². The van der Waals surface area contributed by atoms with Gasteiger partial charge in [0.2, 0.25) is 5.91 Å². The van der Waals surface area contributed by atoms with E-state index in [1.165, 1.54) is 12.8 Å². The Hall–Kier alpha value is -0.570. The van der Waals surface area contributed by atoms with E-state index in [-0.39, 0.29) is 11.4 Å². The van der Waals surface area contributed by atoms with Gasteiger partial charge < -0.3 is 10.6 Å². The van der Waals surface area contributed by atoms with Gasteiger partial charge in [-0.05, 0) is 57.5 Å². The first-order chi connectivity index (χ1) is 8.65. The highest BCUT2D eigenvalue weighted by molar-refractivity contribution is 5.76. The molecular formula is C15H30N2O. The number of piperidine rings is 1. The minimum atomic E-state index is 0.0329. The molecule has 3 heteroatoms. The van der Waals surface area contributed by atoms with Crippen molar-refractivity contribution in [1.82, 2.24) is 10.6 Å². The van der Waals surface area contributed by atoms with Gasteiger partial charge in [0.05, 0.1) is 0 Å². The molecular weight excluding hydrogens is 224 g/mol. The molecule has 0 aromatic rings. The highest BCUT2D eigenvalue weighted by atomic mass is 16.1. The van der Waals surface area contributed by atoms with Crippen LogP contribution >= 0.6 is 0 Å². The predicted molar refractivity (Wildman–Crippen MR) is 76.6 cm³/mol. The van der Waals surface area contributed by atoms with Crippen LogP contribution in [-0.4, -0.2) is 24.5 Å². The Labute approximate surface area is 112 Å². The molecule has 1 heterocycles. The summed E-state index contributed by atoms with van der Waals surface area (Å²) in [7, 11) is 0. The molecule has 0 aliphatic carbocycles. The first-order valence-electron chi connectivity index (χ1n) is 7.67. The molecule has 0 atom stereocenters. The first-order valence-corrected chi connectivity index (χ1v) is 7.67. The molecule has 1 fully saturated rings. The molecule has 0 bridgehead atoms. The minimum absolute atomic E-state index is 0.0329. The van der Waals surface area contributed by atoms with Gasteiger partial charge in [0, 0.05) is 12.0 Å². The third-order valence-electron chi connectivity index (χ3n) is 4.67. The van der Waals surface area contributed by atoms with Crippen molar-refractivity contribution in [2.45, 2.75) is 71.3 Å². The quantitative estimate of drug-likeness (QED) is 0.733. The second-order valence-corrected chi connectivity index (χ2v) is 5.62. The summed E-state index contributed by atoms with van der Waals surface area (Å²) < 4.78 is 0.